The van der Waals surface area contributed by atoms with Crippen LogP contribution in [0.3, 0.4) is 0 Å². The second-order valence-electron chi connectivity index (χ2n) is 9.65. The van der Waals surface area contributed by atoms with Crippen LogP contribution < -0.4 is 10.4 Å². The summed E-state index contributed by atoms with van der Waals surface area (Å²) < 4.78 is 0. The first-order chi connectivity index (χ1) is 19.7. The van der Waals surface area contributed by atoms with Crippen molar-refractivity contribution in [2.75, 3.05) is 4.90 Å². The molecule has 3 nitrogen and oxygen atoms in total. The topological polar surface area (TPSA) is 43.7 Å². The molecule has 0 spiro atoms. The van der Waals surface area contributed by atoms with Gasteiger partial charge in [-0.15, -0.1) is 0 Å². The summed E-state index contributed by atoms with van der Waals surface area (Å²) in [5.74, 6) is 0. The normalized spacial score (nSPS) is 10.8. The van der Waals surface area contributed by atoms with Gasteiger partial charge in [0.25, 0.3) is 0 Å². The highest BCUT2D eigenvalue weighted by molar-refractivity contribution is 6.58. The Kier molecular flexibility index (Phi) is 7.27. The lowest BCUT2D eigenvalue weighted by Crippen LogP contribution is -2.30. The molecule has 4 heteroatoms. The lowest BCUT2D eigenvalue weighted by Gasteiger charge is -2.30. The van der Waals surface area contributed by atoms with Crippen LogP contribution in [0.2, 0.25) is 0 Å². The van der Waals surface area contributed by atoms with Crippen LogP contribution >= 0.6 is 0 Å². The molecule has 0 fully saturated rings. The maximum atomic E-state index is 10.0. The number of anilines is 3. The lowest BCUT2D eigenvalue weighted by atomic mass is 9.78. The fourth-order valence-corrected chi connectivity index (χ4v) is 5.13. The summed E-state index contributed by atoms with van der Waals surface area (Å²) in [6.45, 7) is 0. The van der Waals surface area contributed by atoms with Crippen LogP contribution in [-0.2, 0) is 0 Å². The summed E-state index contributed by atoms with van der Waals surface area (Å²) in [7, 11) is -1.56. The Balaban J connectivity index is 1.59. The van der Waals surface area contributed by atoms with E-state index in [1.165, 1.54) is 0 Å². The van der Waals surface area contributed by atoms with Crippen molar-refractivity contribution in [3.8, 4) is 33.4 Å². The molecule has 2 N–H and O–H groups in total. The second-order valence-corrected chi connectivity index (χ2v) is 9.65. The van der Waals surface area contributed by atoms with Gasteiger partial charge in [0.1, 0.15) is 0 Å². The van der Waals surface area contributed by atoms with E-state index in [0.29, 0.717) is 5.46 Å². The Morgan fingerprint density at radius 1 is 0.400 bits per heavy atom. The first kappa shape index (κ1) is 25.4. The zero-order valence-corrected chi connectivity index (χ0v) is 21.9. The summed E-state index contributed by atoms with van der Waals surface area (Å²) in [4.78, 5) is 2.26. The SMILES string of the molecule is OB(O)c1ccc(N(c2ccc(-c3ccccc3)cc2)c2ccccc2-c2ccccc2)c(-c2ccccc2)c1. The zero-order valence-electron chi connectivity index (χ0n) is 21.9. The third-order valence-corrected chi connectivity index (χ3v) is 7.11. The molecule has 0 aliphatic carbocycles. The molecule has 0 aliphatic heterocycles. The molecule has 0 aromatic heterocycles. The summed E-state index contributed by atoms with van der Waals surface area (Å²) >= 11 is 0. The number of benzene rings is 6. The van der Waals surface area contributed by atoms with E-state index in [9.17, 15) is 10.0 Å². The summed E-state index contributed by atoms with van der Waals surface area (Å²) in [5, 5.41) is 20.1. The Labute approximate surface area is 235 Å². The quantitative estimate of drug-likeness (QED) is 0.212. The van der Waals surface area contributed by atoms with Crippen molar-refractivity contribution in [3.05, 3.63) is 158 Å². The highest BCUT2D eigenvalue weighted by Crippen LogP contribution is 2.44. The number of hydrogen-bond acceptors (Lipinski definition) is 3. The molecule has 0 heterocycles. The Morgan fingerprint density at radius 3 is 1.48 bits per heavy atom. The van der Waals surface area contributed by atoms with Crippen molar-refractivity contribution < 1.29 is 10.0 Å². The molecular formula is C36H28BNO2. The minimum atomic E-state index is -1.56. The Morgan fingerprint density at radius 2 is 0.875 bits per heavy atom. The molecule has 0 atom stereocenters. The summed E-state index contributed by atoms with van der Waals surface area (Å²) in [6, 6.07) is 53.4. The molecule has 192 valence electrons. The van der Waals surface area contributed by atoms with Crippen molar-refractivity contribution in [2.24, 2.45) is 0 Å². The van der Waals surface area contributed by atoms with Gasteiger partial charge in [-0.1, -0.05) is 133 Å². The van der Waals surface area contributed by atoms with Gasteiger partial charge >= 0.3 is 7.12 Å². The molecule has 6 rings (SSSR count). The predicted octanol–water partition coefficient (Wildman–Crippen LogP) is 7.84. The molecule has 40 heavy (non-hydrogen) atoms. The van der Waals surface area contributed by atoms with Gasteiger partial charge in [-0.05, 0) is 52.0 Å². The van der Waals surface area contributed by atoms with E-state index in [4.69, 9.17) is 0 Å². The Bertz CT molecular complexity index is 1700. The Hall–Kier alpha value is -4.90. The van der Waals surface area contributed by atoms with Crippen LogP contribution in [0.15, 0.2) is 158 Å². The van der Waals surface area contributed by atoms with E-state index in [2.05, 4.69) is 102 Å². The maximum Gasteiger partial charge on any atom is 0.488 e. The van der Waals surface area contributed by atoms with Crippen molar-refractivity contribution >= 4 is 29.6 Å². The maximum absolute atomic E-state index is 10.0. The van der Waals surface area contributed by atoms with E-state index < -0.39 is 7.12 Å². The van der Waals surface area contributed by atoms with E-state index in [1.54, 1.807) is 6.07 Å². The molecular weight excluding hydrogens is 489 g/mol. The van der Waals surface area contributed by atoms with Crippen LogP contribution in [0.1, 0.15) is 0 Å². The third kappa shape index (κ3) is 5.19. The third-order valence-electron chi connectivity index (χ3n) is 7.11. The van der Waals surface area contributed by atoms with Crippen LogP contribution in [0.5, 0.6) is 0 Å². The summed E-state index contributed by atoms with van der Waals surface area (Å²) in [6.07, 6.45) is 0. The molecule has 0 unspecified atom stereocenters. The number of hydrogen-bond donors (Lipinski definition) is 2. The monoisotopic (exact) mass is 517 g/mol. The number of para-hydroxylation sites is 1. The molecule has 6 aromatic rings. The van der Waals surface area contributed by atoms with Gasteiger partial charge in [-0.25, -0.2) is 0 Å². The number of rotatable bonds is 7. The zero-order chi connectivity index (χ0) is 27.3. The van der Waals surface area contributed by atoms with Gasteiger partial charge in [0.2, 0.25) is 0 Å². The largest absolute Gasteiger partial charge is 0.488 e. The average molecular weight is 517 g/mol. The van der Waals surface area contributed by atoms with E-state index in [1.807, 2.05) is 54.6 Å². The average Bonchev–Trinajstić information content (AvgIpc) is 3.03. The minimum absolute atomic E-state index is 0.443. The molecule has 0 amide bonds. The molecule has 0 radical (unpaired) electrons. The molecule has 6 aromatic carbocycles. The molecule has 0 bridgehead atoms. The van der Waals surface area contributed by atoms with Crippen LogP contribution in [0, 0.1) is 0 Å². The second kappa shape index (κ2) is 11.5. The van der Waals surface area contributed by atoms with Crippen LogP contribution in [0.4, 0.5) is 17.1 Å². The van der Waals surface area contributed by atoms with Gasteiger partial charge in [0.05, 0.1) is 11.4 Å². The van der Waals surface area contributed by atoms with E-state index in [-0.39, 0.29) is 0 Å². The summed E-state index contributed by atoms with van der Waals surface area (Å²) in [5.41, 5.74) is 9.81. The van der Waals surface area contributed by atoms with Crippen LogP contribution in [0.25, 0.3) is 33.4 Å². The van der Waals surface area contributed by atoms with Crippen molar-refractivity contribution in [3.63, 3.8) is 0 Å². The van der Waals surface area contributed by atoms with Gasteiger partial charge in [0, 0.05) is 16.8 Å². The van der Waals surface area contributed by atoms with E-state index in [0.717, 1.165) is 50.4 Å². The van der Waals surface area contributed by atoms with Gasteiger partial charge in [-0.2, -0.15) is 0 Å². The smallest absolute Gasteiger partial charge is 0.423 e. The molecule has 0 saturated carbocycles. The van der Waals surface area contributed by atoms with Gasteiger partial charge in [-0.3, -0.25) is 0 Å². The molecule has 0 aliphatic rings. The fraction of sp³-hybridized carbons (Fsp3) is 0. The van der Waals surface area contributed by atoms with Crippen LogP contribution in [-0.4, -0.2) is 17.2 Å². The van der Waals surface area contributed by atoms with Crippen molar-refractivity contribution in [1.82, 2.24) is 0 Å². The highest BCUT2D eigenvalue weighted by atomic mass is 16.4. The van der Waals surface area contributed by atoms with Crippen molar-refractivity contribution in [2.45, 2.75) is 0 Å². The highest BCUT2D eigenvalue weighted by Gasteiger charge is 2.22. The first-order valence-corrected chi connectivity index (χ1v) is 13.3. The van der Waals surface area contributed by atoms with E-state index >= 15 is 0 Å². The first-order valence-electron chi connectivity index (χ1n) is 13.3. The minimum Gasteiger partial charge on any atom is -0.423 e. The van der Waals surface area contributed by atoms with Gasteiger partial charge < -0.3 is 14.9 Å². The lowest BCUT2D eigenvalue weighted by molar-refractivity contribution is 0.426. The van der Waals surface area contributed by atoms with Crippen molar-refractivity contribution in [1.29, 1.82) is 0 Å². The van der Waals surface area contributed by atoms with Gasteiger partial charge in [0.15, 0.2) is 0 Å². The standard InChI is InChI=1S/C36H28BNO2/c39-37(40)31-22-25-36(34(26-31)30-16-8-3-9-17-30)38(32-23-20-28(21-24-32)27-12-4-1-5-13-27)35-19-11-10-18-33(35)29-14-6-2-7-15-29/h1-26,39-40H. The number of nitrogens with zero attached hydrogens (tertiary/aromatic N) is 1. The predicted molar refractivity (Wildman–Crippen MR) is 167 cm³/mol. The molecule has 0 saturated heterocycles. The fourth-order valence-electron chi connectivity index (χ4n) is 5.13.